The number of nitrogens with zero attached hydrogens (tertiary/aromatic N) is 2. The Hall–Kier alpha value is -3.93. The van der Waals surface area contributed by atoms with E-state index in [1.807, 2.05) is 39.0 Å². The molecule has 1 fully saturated rings. The molecule has 1 aromatic heterocycles. The lowest BCUT2D eigenvalue weighted by Gasteiger charge is -2.26. The van der Waals surface area contributed by atoms with Crippen LogP contribution in [0.15, 0.2) is 72.6 Å². The van der Waals surface area contributed by atoms with Gasteiger partial charge in [0.2, 0.25) is 0 Å². The Kier molecular flexibility index (Phi) is 6.27. The van der Waals surface area contributed by atoms with Crippen LogP contribution in [0.2, 0.25) is 0 Å². The van der Waals surface area contributed by atoms with Gasteiger partial charge in [0, 0.05) is 23.6 Å². The summed E-state index contributed by atoms with van der Waals surface area (Å²) in [6, 6.07) is 15.4. The second-order valence-corrected chi connectivity index (χ2v) is 8.18. The van der Waals surface area contributed by atoms with Gasteiger partial charge < -0.3 is 9.84 Å². The second kappa shape index (κ2) is 9.28. The number of amides is 1. The van der Waals surface area contributed by atoms with Gasteiger partial charge in [-0.05, 0) is 67.3 Å². The molecule has 6 nitrogen and oxygen atoms in total. The largest absolute Gasteiger partial charge is 0.507 e. The Morgan fingerprint density at radius 2 is 1.82 bits per heavy atom. The third-order valence-corrected chi connectivity index (χ3v) is 5.51. The van der Waals surface area contributed by atoms with Crippen LogP contribution in [-0.4, -0.2) is 28.4 Å². The zero-order chi connectivity index (χ0) is 23.5. The van der Waals surface area contributed by atoms with Crippen molar-refractivity contribution >= 4 is 23.1 Å². The van der Waals surface area contributed by atoms with E-state index in [0.29, 0.717) is 29.2 Å². The molecular formula is C27H26N2O4. The molecule has 0 saturated carbocycles. The van der Waals surface area contributed by atoms with Gasteiger partial charge in [0.05, 0.1) is 18.2 Å². The molecule has 168 valence electrons. The van der Waals surface area contributed by atoms with Crippen molar-refractivity contribution < 1.29 is 19.4 Å². The smallest absolute Gasteiger partial charge is 0.300 e. The minimum atomic E-state index is -0.805. The van der Waals surface area contributed by atoms with E-state index in [1.54, 1.807) is 48.8 Å². The van der Waals surface area contributed by atoms with Gasteiger partial charge in [0.15, 0.2) is 0 Å². The van der Waals surface area contributed by atoms with Crippen LogP contribution in [0, 0.1) is 13.8 Å². The summed E-state index contributed by atoms with van der Waals surface area (Å²) in [7, 11) is 0. The molecule has 4 rings (SSSR count). The van der Waals surface area contributed by atoms with Crippen LogP contribution in [0.5, 0.6) is 5.75 Å². The van der Waals surface area contributed by atoms with Gasteiger partial charge >= 0.3 is 0 Å². The van der Waals surface area contributed by atoms with Gasteiger partial charge in [0.1, 0.15) is 11.5 Å². The first-order valence-electron chi connectivity index (χ1n) is 10.9. The SMILES string of the molecule is CCCOc1cccc(/C(O)=C2\C(=O)C(=O)N(c3cc(C)cc(C)c3)C2c2cccnc2)c1. The van der Waals surface area contributed by atoms with Gasteiger partial charge in [-0.15, -0.1) is 0 Å². The van der Waals surface area contributed by atoms with E-state index in [2.05, 4.69) is 4.98 Å². The summed E-state index contributed by atoms with van der Waals surface area (Å²) in [6.45, 7) is 6.42. The Morgan fingerprint density at radius 3 is 2.48 bits per heavy atom. The number of pyridine rings is 1. The summed E-state index contributed by atoms with van der Waals surface area (Å²) in [6.07, 6.45) is 4.08. The summed E-state index contributed by atoms with van der Waals surface area (Å²) in [4.78, 5) is 32.1. The van der Waals surface area contributed by atoms with Crippen molar-refractivity contribution in [1.82, 2.24) is 4.98 Å². The average Bonchev–Trinajstić information content (AvgIpc) is 3.08. The fourth-order valence-corrected chi connectivity index (χ4v) is 4.15. The van der Waals surface area contributed by atoms with Crippen molar-refractivity contribution in [2.24, 2.45) is 0 Å². The van der Waals surface area contributed by atoms with Crippen molar-refractivity contribution in [2.75, 3.05) is 11.5 Å². The summed E-state index contributed by atoms with van der Waals surface area (Å²) in [5, 5.41) is 11.3. The van der Waals surface area contributed by atoms with Crippen molar-refractivity contribution in [3.05, 3.63) is 94.8 Å². The number of carbonyl (C=O) groups excluding carboxylic acids is 2. The molecule has 1 N–H and O–H groups in total. The molecule has 1 unspecified atom stereocenters. The normalized spacial score (nSPS) is 17.4. The third-order valence-electron chi connectivity index (χ3n) is 5.51. The fraction of sp³-hybridized carbons (Fsp3) is 0.222. The van der Waals surface area contributed by atoms with Crippen LogP contribution in [0.25, 0.3) is 5.76 Å². The van der Waals surface area contributed by atoms with Crippen molar-refractivity contribution in [3.8, 4) is 5.75 Å². The molecule has 1 saturated heterocycles. The summed E-state index contributed by atoms with van der Waals surface area (Å²) in [5.41, 5.74) is 3.62. The number of aryl methyl sites for hydroxylation is 2. The number of anilines is 1. The maximum Gasteiger partial charge on any atom is 0.300 e. The quantitative estimate of drug-likeness (QED) is 0.326. The first-order chi connectivity index (χ1) is 15.9. The number of ether oxygens (including phenoxy) is 1. The highest BCUT2D eigenvalue weighted by atomic mass is 16.5. The minimum Gasteiger partial charge on any atom is -0.507 e. The first-order valence-corrected chi connectivity index (χ1v) is 10.9. The van der Waals surface area contributed by atoms with Gasteiger partial charge in [0.25, 0.3) is 11.7 Å². The number of aromatic nitrogens is 1. The monoisotopic (exact) mass is 442 g/mol. The zero-order valence-electron chi connectivity index (χ0n) is 18.9. The van der Waals surface area contributed by atoms with E-state index in [4.69, 9.17) is 4.74 Å². The van der Waals surface area contributed by atoms with Gasteiger partial charge in [-0.3, -0.25) is 19.5 Å². The van der Waals surface area contributed by atoms with E-state index >= 15 is 0 Å². The zero-order valence-corrected chi connectivity index (χ0v) is 18.9. The van der Waals surface area contributed by atoms with Crippen LogP contribution >= 0.6 is 0 Å². The lowest BCUT2D eigenvalue weighted by atomic mass is 9.96. The van der Waals surface area contributed by atoms with Crippen LogP contribution in [0.1, 0.15) is 41.6 Å². The molecule has 2 aromatic carbocycles. The van der Waals surface area contributed by atoms with E-state index in [9.17, 15) is 14.7 Å². The first kappa shape index (κ1) is 22.3. The average molecular weight is 443 g/mol. The Bertz CT molecular complexity index is 1210. The van der Waals surface area contributed by atoms with Crippen LogP contribution in [0.3, 0.4) is 0 Å². The Balaban J connectivity index is 1.89. The highest BCUT2D eigenvalue weighted by Crippen LogP contribution is 2.42. The van der Waals surface area contributed by atoms with Gasteiger partial charge in [-0.2, -0.15) is 0 Å². The molecule has 0 aliphatic carbocycles. The lowest BCUT2D eigenvalue weighted by Crippen LogP contribution is -2.29. The summed E-state index contributed by atoms with van der Waals surface area (Å²) < 4.78 is 5.68. The van der Waals surface area contributed by atoms with Crippen LogP contribution in [-0.2, 0) is 9.59 Å². The third kappa shape index (κ3) is 4.37. The molecule has 2 heterocycles. The lowest BCUT2D eigenvalue weighted by molar-refractivity contribution is -0.132. The minimum absolute atomic E-state index is 0.0276. The van der Waals surface area contributed by atoms with Gasteiger partial charge in [-0.25, -0.2) is 0 Å². The molecule has 0 radical (unpaired) electrons. The number of hydrogen-bond donors (Lipinski definition) is 1. The number of hydrogen-bond acceptors (Lipinski definition) is 5. The number of Topliss-reactive ketones (excluding diaryl/α,β-unsaturated/α-hetero) is 1. The fourth-order valence-electron chi connectivity index (χ4n) is 4.15. The number of aliphatic hydroxyl groups is 1. The van der Waals surface area contributed by atoms with Crippen LogP contribution < -0.4 is 9.64 Å². The van der Waals surface area contributed by atoms with Crippen molar-refractivity contribution in [3.63, 3.8) is 0 Å². The van der Waals surface area contributed by atoms with E-state index in [0.717, 1.165) is 17.5 Å². The highest BCUT2D eigenvalue weighted by molar-refractivity contribution is 6.51. The van der Waals surface area contributed by atoms with E-state index < -0.39 is 17.7 Å². The molecule has 0 bridgehead atoms. The number of carbonyl (C=O) groups is 2. The standard InChI is InChI=1S/C27H26N2O4/c1-4-11-33-22-9-5-7-19(15-22)25(30)23-24(20-8-6-10-28-16-20)29(27(32)26(23)31)21-13-17(2)12-18(3)14-21/h5-10,12-16,24,30H,4,11H2,1-3H3/b25-23+. The molecular weight excluding hydrogens is 416 g/mol. The van der Waals surface area contributed by atoms with E-state index in [1.165, 1.54) is 4.90 Å². The molecule has 0 spiro atoms. The topological polar surface area (TPSA) is 79.7 Å². The molecule has 1 aliphatic rings. The Labute approximate surface area is 193 Å². The molecule has 6 heteroatoms. The molecule has 1 aliphatic heterocycles. The van der Waals surface area contributed by atoms with Gasteiger partial charge in [-0.1, -0.05) is 31.2 Å². The van der Waals surface area contributed by atoms with Crippen molar-refractivity contribution in [1.29, 1.82) is 0 Å². The number of ketones is 1. The highest BCUT2D eigenvalue weighted by Gasteiger charge is 2.47. The number of benzene rings is 2. The molecule has 1 atom stereocenters. The molecule has 33 heavy (non-hydrogen) atoms. The van der Waals surface area contributed by atoms with Crippen molar-refractivity contribution in [2.45, 2.75) is 33.2 Å². The Morgan fingerprint density at radius 1 is 1.06 bits per heavy atom. The van der Waals surface area contributed by atoms with Crippen LogP contribution in [0.4, 0.5) is 5.69 Å². The summed E-state index contributed by atoms with van der Waals surface area (Å²) >= 11 is 0. The number of aliphatic hydroxyl groups excluding tert-OH is 1. The second-order valence-electron chi connectivity index (χ2n) is 8.18. The predicted molar refractivity (Wildman–Crippen MR) is 127 cm³/mol. The summed E-state index contributed by atoms with van der Waals surface area (Å²) in [5.74, 6) is -1.08. The molecule has 1 amide bonds. The predicted octanol–water partition coefficient (Wildman–Crippen LogP) is 5.11. The maximum absolute atomic E-state index is 13.3. The maximum atomic E-state index is 13.3. The molecule has 3 aromatic rings. The number of rotatable bonds is 6. The van der Waals surface area contributed by atoms with E-state index in [-0.39, 0.29) is 11.3 Å².